The van der Waals surface area contributed by atoms with E-state index in [0.29, 0.717) is 6.54 Å². The Morgan fingerprint density at radius 1 is 1.27 bits per heavy atom. The molecule has 0 atom stereocenters. The summed E-state index contributed by atoms with van der Waals surface area (Å²) < 4.78 is 1.71. The normalized spacial score (nSPS) is 9.64. The first-order valence-corrected chi connectivity index (χ1v) is 3.87. The van der Waals surface area contributed by atoms with Crippen molar-refractivity contribution in [2.75, 3.05) is 17.5 Å². The summed E-state index contributed by atoms with van der Waals surface area (Å²) in [7, 11) is 0. The molecule has 1 rings (SSSR count). The first-order valence-electron chi connectivity index (χ1n) is 3.47. The van der Waals surface area contributed by atoms with Crippen LogP contribution >= 0.6 is 12.8 Å². The Morgan fingerprint density at radius 3 is 2.45 bits per heavy atom. The van der Waals surface area contributed by atoms with Gasteiger partial charge in [0.15, 0.2) is 0 Å². The van der Waals surface area contributed by atoms with Gasteiger partial charge in [0.25, 0.3) is 0 Å². The topological polar surface area (TPSA) is 23.5 Å². The van der Waals surface area contributed by atoms with Crippen molar-refractivity contribution in [3.63, 3.8) is 0 Å². The van der Waals surface area contributed by atoms with E-state index in [4.69, 9.17) is 5.11 Å². The molecule has 0 aliphatic heterocycles. The summed E-state index contributed by atoms with van der Waals surface area (Å²) in [6.45, 7) is 0.672. The van der Waals surface area contributed by atoms with E-state index < -0.39 is 0 Å². The van der Waals surface area contributed by atoms with E-state index in [9.17, 15) is 0 Å². The molecular weight excluding hydrogens is 158 g/mol. The van der Waals surface area contributed by atoms with Gasteiger partial charge in [-0.3, -0.25) is 0 Å². The molecule has 0 aromatic heterocycles. The minimum atomic E-state index is 0.123. The standard InChI is InChI=1S/C8H11NOS/c10-7-6-9(11)8-4-2-1-3-5-8/h1-5,10-11H,6-7H2. The highest BCUT2D eigenvalue weighted by atomic mass is 32.1. The summed E-state index contributed by atoms with van der Waals surface area (Å²) in [5, 5.41) is 8.61. The number of hydrogen-bond donors (Lipinski definition) is 2. The molecule has 11 heavy (non-hydrogen) atoms. The molecule has 0 saturated heterocycles. The van der Waals surface area contributed by atoms with E-state index in [2.05, 4.69) is 12.8 Å². The third kappa shape index (κ3) is 2.44. The highest BCUT2D eigenvalue weighted by molar-refractivity contribution is 7.81. The predicted octanol–water partition coefficient (Wildman–Crippen LogP) is 1.33. The number of nitrogens with zero attached hydrogens (tertiary/aromatic N) is 1. The van der Waals surface area contributed by atoms with Crippen molar-refractivity contribution in [2.45, 2.75) is 0 Å². The largest absolute Gasteiger partial charge is 0.394 e. The van der Waals surface area contributed by atoms with Crippen molar-refractivity contribution in [2.24, 2.45) is 0 Å². The number of aliphatic hydroxyl groups is 1. The fourth-order valence-electron chi connectivity index (χ4n) is 0.824. The molecule has 0 spiro atoms. The summed E-state index contributed by atoms with van der Waals surface area (Å²) >= 11 is 4.17. The average Bonchev–Trinajstić information content (AvgIpc) is 2.07. The zero-order valence-electron chi connectivity index (χ0n) is 6.14. The van der Waals surface area contributed by atoms with Gasteiger partial charge in [-0.2, -0.15) is 0 Å². The first kappa shape index (κ1) is 8.43. The van der Waals surface area contributed by atoms with Crippen LogP contribution in [0.4, 0.5) is 5.69 Å². The lowest BCUT2D eigenvalue weighted by Crippen LogP contribution is -2.14. The maximum Gasteiger partial charge on any atom is 0.0616 e. The molecule has 0 fully saturated rings. The number of hydrogen-bond acceptors (Lipinski definition) is 3. The Morgan fingerprint density at radius 2 is 1.91 bits per heavy atom. The lowest BCUT2D eigenvalue weighted by atomic mass is 10.3. The minimum Gasteiger partial charge on any atom is -0.394 e. The second-order valence-corrected chi connectivity index (χ2v) is 2.67. The number of anilines is 1. The van der Waals surface area contributed by atoms with E-state index in [1.54, 1.807) is 4.31 Å². The fraction of sp³-hybridized carbons (Fsp3) is 0.250. The quantitative estimate of drug-likeness (QED) is 0.667. The smallest absolute Gasteiger partial charge is 0.0616 e. The molecule has 0 unspecified atom stereocenters. The molecule has 0 aliphatic rings. The van der Waals surface area contributed by atoms with Crippen LogP contribution in [0, 0.1) is 0 Å². The van der Waals surface area contributed by atoms with Gasteiger partial charge in [0.1, 0.15) is 0 Å². The van der Waals surface area contributed by atoms with E-state index in [-0.39, 0.29) is 6.61 Å². The number of aliphatic hydroxyl groups excluding tert-OH is 1. The molecular formula is C8H11NOS. The zero-order valence-corrected chi connectivity index (χ0v) is 7.04. The summed E-state index contributed by atoms with van der Waals surface area (Å²) in [6, 6.07) is 9.72. The molecule has 1 N–H and O–H groups in total. The van der Waals surface area contributed by atoms with Gasteiger partial charge in [-0.25, -0.2) is 0 Å². The van der Waals surface area contributed by atoms with Gasteiger partial charge in [0.05, 0.1) is 13.2 Å². The van der Waals surface area contributed by atoms with Crippen LogP contribution in [0.15, 0.2) is 30.3 Å². The molecule has 0 heterocycles. The second-order valence-electron chi connectivity index (χ2n) is 2.18. The summed E-state index contributed by atoms with van der Waals surface area (Å²) in [6.07, 6.45) is 0. The molecule has 60 valence electrons. The van der Waals surface area contributed by atoms with Gasteiger partial charge in [-0.05, 0) is 12.1 Å². The Hall–Kier alpha value is -0.670. The summed E-state index contributed by atoms with van der Waals surface area (Å²) in [5.41, 5.74) is 1.00. The molecule has 3 heteroatoms. The molecule has 0 bridgehead atoms. The van der Waals surface area contributed by atoms with E-state index in [1.165, 1.54) is 0 Å². The van der Waals surface area contributed by atoms with Crippen molar-refractivity contribution in [1.29, 1.82) is 0 Å². The lowest BCUT2D eigenvalue weighted by Gasteiger charge is -2.15. The van der Waals surface area contributed by atoms with Gasteiger partial charge < -0.3 is 9.41 Å². The summed E-state index contributed by atoms with van der Waals surface area (Å²) in [4.78, 5) is 0. The van der Waals surface area contributed by atoms with Crippen LogP contribution in [-0.4, -0.2) is 18.3 Å². The van der Waals surface area contributed by atoms with Gasteiger partial charge in [0, 0.05) is 5.69 Å². The zero-order chi connectivity index (χ0) is 8.10. The predicted molar refractivity (Wildman–Crippen MR) is 49.9 cm³/mol. The SMILES string of the molecule is OCCN(S)c1ccccc1. The Balaban J connectivity index is 2.61. The van der Waals surface area contributed by atoms with Crippen molar-refractivity contribution in [1.82, 2.24) is 0 Å². The number of rotatable bonds is 3. The average molecular weight is 169 g/mol. The van der Waals surface area contributed by atoms with Crippen LogP contribution in [-0.2, 0) is 0 Å². The number of benzene rings is 1. The maximum absolute atomic E-state index is 8.61. The number of para-hydroxylation sites is 1. The molecule has 1 aromatic carbocycles. The Kier molecular flexibility index (Phi) is 3.26. The highest BCUT2D eigenvalue weighted by Gasteiger charge is 1.97. The van der Waals surface area contributed by atoms with E-state index in [1.807, 2.05) is 30.3 Å². The molecule has 1 aromatic rings. The van der Waals surface area contributed by atoms with Gasteiger partial charge in [-0.1, -0.05) is 31.0 Å². The van der Waals surface area contributed by atoms with Crippen molar-refractivity contribution in [3.05, 3.63) is 30.3 Å². The lowest BCUT2D eigenvalue weighted by molar-refractivity contribution is 0.308. The third-order valence-electron chi connectivity index (χ3n) is 1.37. The van der Waals surface area contributed by atoms with Gasteiger partial charge in [0.2, 0.25) is 0 Å². The minimum absolute atomic E-state index is 0.123. The fourth-order valence-corrected chi connectivity index (χ4v) is 1.05. The van der Waals surface area contributed by atoms with Gasteiger partial charge >= 0.3 is 0 Å². The molecule has 0 radical (unpaired) electrons. The van der Waals surface area contributed by atoms with Gasteiger partial charge in [-0.15, -0.1) is 0 Å². The Bertz CT molecular complexity index is 203. The van der Waals surface area contributed by atoms with Crippen LogP contribution < -0.4 is 4.31 Å². The van der Waals surface area contributed by atoms with Crippen molar-refractivity contribution >= 4 is 18.5 Å². The van der Waals surface area contributed by atoms with Crippen LogP contribution in [0.2, 0.25) is 0 Å². The van der Waals surface area contributed by atoms with Crippen LogP contribution in [0.25, 0.3) is 0 Å². The maximum atomic E-state index is 8.61. The summed E-state index contributed by atoms with van der Waals surface area (Å²) in [5.74, 6) is 0. The third-order valence-corrected chi connectivity index (χ3v) is 1.80. The van der Waals surface area contributed by atoms with Crippen LogP contribution in [0.3, 0.4) is 0 Å². The molecule has 2 nitrogen and oxygen atoms in total. The van der Waals surface area contributed by atoms with E-state index in [0.717, 1.165) is 5.69 Å². The number of thiol groups is 1. The highest BCUT2D eigenvalue weighted by Crippen LogP contribution is 2.13. The van der Waals surface area contributed by atoms with Crippen molar-refractivity contribution < 1.29 is 5.11 Å². The van der Waals surface area contributed by atoms with E-state index >= 15 is 0 Å². The monoisotopic (exact) mass is 169 g/mol. The van der Waals surface area contributed by atoms with Crippen molar-refractivity contribution in [3.8, 4) is 0 Å². The van der Waals surface area contributed by atoms with Crippen LogP contribution in [0.5, 0.6) is 0 Å². The van der Waals surface area contributed by atoms with Crippen LogP contribution in [0.1, 0.15) is 0 Å². The first-order chi connectivity index (χ1) is 5.34. The Labute approximate surface area is 72.0 Å². The second kappa shape index (κ2) is 4.26. The molecule has 0 amide bonds. The molecule has 0 saturated carbocycles. The molecule has 0 aliphatic carbocycles.